The minimum absolute atomic E-state index is 0.0701. The maximum absolute atomic E-state index is 13.6. The fourth-order valence-electron chi connectivity index (χ4n) is 2.44. The van der Waals surface area contributed by atoms with Crippen LogP contribution in [-0.4, -0.2) is 12.5 Å². The minimum Gasteiger partial charge on any atom is -0.481 e. The standard InChI is InChI=1S/C20H18FNO2S/c1-14-8-10-15(11-9-14)20(18-7-4-12-25-18)22-19(23)13-24-17-6-3-2-5-16(17)21/h2-12,20H,13H2,1H3,(H,22,23)/t20-/m1/s1. The Morgan fingerprint density at radius 3 is 2.56 bits per heavy atom. The number of rotatable bonds is 6. The van der Waals surface area contributed by atoms with Crippen molar-refractivity contribution in [1.82, 2.24) is 5.32 Å². The Labute approximate surface area is 150 Å². The zero-order valence-electron chi connectivity index (χ0n) is 13.7. The molecule has 1 N–H and O–H groups in total. The summed E-state index contributed by atoms with van der Waals surface area (Å²) in [6.45, 7) is 1.78. The quantitative estimate of drug-likeness (QED) is 0.708. The first-order chi connectivity index (χ1) is 12.1. The van der Waals surface area contributed by atoms with Crippen LogP contribution in [0.4, 0.5) is 4.39 Å². The first-order valence-electron chi connectivity index (χ1n) is 7.90. The van der Waals surface area contributed by atoms with E-state index < -0.39 is 5.82 Å². The number of ether oxygens (including phenoxy) is 1. The van der Waals surface area contributed by atoms with E-state index >= 15 is 0 Å². The van der Waals surface area contributed by atoms with Crippen LogP contribution >= 0.6 is 11.3 Å². The Bertz CT molecular complexity index is 831. The number of halogens is 1. The summed E-state index contributed by atoms with van der Waals surface area (Å²) in [5.41, 5.74) is 2.15. The van der Waals surface area contributed by atoms with Crippen molar-refractivity contribution in [3.8, 4) is 5.75 Å². The van der Waals surface area contributed by atoms with Gasteiger partial charge in [0.05, 0.1) is 6.04 Å². The first kappa shape index (κ1) is 17.2. The summed E-state index contributed by atoms with van der Waals surface area (Å²) in [6, 6.07) is 17.7. The topological polar surface area (TPSA) is 38.3 Å². The molecular weight excluding hydrogens is 337 g/mol. The smallest absolute Gasteiger partial charge is 0.258 e. The summed E-state index contributed by atoms with van der Waals surface area (Å²) in [6.07, 6.45) is 0. The van der Waals surface area contributed by atoms with Crippen molar-refractivity contribution in [3.63, 3.8) is 0 Å². The van der Waals surface area contributed by atoms with E-state index in [-0.39, 0.29) is 24.3 Å². The van der Waals surface area contributed by atoms with E-state index in [2.05, 4.69) is 5.32 Å². The second-order valence-corrected chi connectivity index (χ2v) is 6.62. The molecule has 1 amide bonds. The van der Waals surface area contributed by atoms with Crippen LogP contribution < -0.4 is 10.1 Å². The van der Waals surface area contributed by atoms with E-state index in [4.69, 9.17) is 4.74 Å². The van der Waals surface area contributed by atoms with E-state index in [0.29, 0.717) is 0 Å². The molecule has 25 heavy (non-hydrogen) atoms. The average Bonchev–Trinajstić information content (AvgIpc) is 3.14. The van der Waals surface area contributed by atoms with Gasteiger partial charge < -0.3 is 10.1 Å². The molecule has 128 valence electrons. The van der Waals surface area contributed by atoms with E-state index in [1.54, 1.807) is 23.5 Å². The molecule has 0 saturated carbocycles. The number of benzene rings is 2. The summed E-state index contributed by atoms with van der Waals surface area (Å²) in [5.74, 6) is -0.716. The zero-order chi connectivity index (χ0) is 17.6. The van der Waals surface area contributed by atoms with Gasteiger partial charge in [-0.25, -0.2) is 4.39 Å². The molecule has 3 nitrogen and oxygen atoms in total. The molecule has 0 aliphatic carbocycles. The maximum Gasteiger partial charge on any atom is 0.258 e. The fraction of sp³-hybridized carbons (Fsp3) is 0.150. The summed E-state index contributed by atoms with van der Waals surface area (Å²) >= 11 is 1.57. The molecule has 2 aromatic carbocycles. The number of amides is 1. The van der Waals surface area contributed by atoms with Crippen molar-refractivity contribution in [3.05, 3.63) is 87.9 Å². The van der Waals surface area contributed by atoms with Crippen molar-refractivity contribution in [2.45, 2.75) is 13.0 Å². The van der Waals surface area contributed by atoms with Crippen LogP contribution in [0.15, 0.2) is 66.0 Å². The van der Waals surface area contributed by atoms with Crippen LogP contribution in [0.3, 0.4) is 0 Å². The Kier molecular flexibility index (Phi) is 5.46. The van der Waals surface area contributed by atoms with E-state index in [1.807, 2.05) is 48.7 Å². The fourth-order valence-corrected chi connectivity index (χ4v) is 3.24. The molecule has 0 radical (unpaired) electrons. The number of carbonyl (C=O) groups is 1. The third-order valence-electron chi connectivity index (χ3n) is 3.74. The van der Waals surface area contributed by atoms with Gasteiger partial charge in [0, 0.05) is 4.88 Å². The Hall–Kier alpha value is -2.66. The molecule has 1 heterocycles. The lowest BCUT2D eigenvalue weighted by Crippen LogP contribution is -2.33. The average molecular weight is 355 g/mol. The monoisotopic (exact) mass is 355 g/mol. The van der Waals surface area contributed by atoms with Gasteiger partial charge in [-0.3, -0.25) is 4.79 Å². The van der Waals surface area contributed by atoms with Crippen molar-refractivity contribution in [2.75, 3.05) is 6.61 Å². The Morgan fingerprint density at radius 2 is 1.88 bits per heavy atom. The van der Waals surface area contributed by atoms with Gasteiger partial charge in [-0.2, -0.15) is 0 Å². The van der Waals surface area contributed by atoms with E-state index in [9.17, 15) is 9.18 Å². The maximum atomic E-state index is 13.6. The number of aryl methyl sites for hydroxylation is 1. The molecule has 0 aliphatic heterocycles. The summed E-state index contributed by atoms with van der Waals surface area (Å²) in [4.78, 5) is 13.4. The highest BCUT2D eigenvalue weighted by Gasteiger charge is 2.18. The SMILES string of the molecule is Cc1ccc([C@@H](NC(=O)COc2ccccc2F)c2cccs2)cc1. The van der Waals surface area contributed by atoms with Crippen molar-refractivity contribution in [2.24, 2.45) is 0 Å². The molecule has 0 unspecified atom stereocenters. The second kappa shape index (κ2) is 7.94. The van der Waals surface area contributed by atoms with Gasteiger partial charge in [-0.1, -0.05) is 48.0 Å². The Balaban J connectivity index is 1.71. The summed E-state index contributed by atoms with van der Waals surface area (Å²) in [7, 11) is 0. The van der Waals surface area contributed by atoms with Crippen molar-refractivity contribution in [1.29, 1.82) is 0 Å². The molecule has 0 aliphatic rings. The van der Waals surface area contributed by atoms with Gasteiger partial charge in [-0.05, 0) is 36.1 Å². The highest BCUT2D eigenvalue weighted by molar-refractivity contribution is 7.10. The largest absolute Gasteiger partial charge is 0.481 e. The van der Waals surface area contributed by atoms with Crippen molar-refractivity contribution < 1.29 is 13.9 Å². The van der Waals surface area contributed by atoms with Crippen LogP contribution in [0.25, 0.3) is 0 Å². The number of carbonyl (C=O) groups excluding carboxylic acids is 1. The van der Waals surface area contributed by atoms with Crippen LogP contribution in [0.5, 0.6) is 5.75 Å². The van der Waals surface area contributed by atoms with Crippen LogP contribution in [0, 0.1) is 12.7 Å². The molecule has 0 fully saturated rings. The molecule has 1 atom stereocenters. The molecule has 0 saturated heterocycles. The highest BCUT2D eigenvalue weighted by Crippen LogP contribution is 2.26. The normalized spacial score (nSPS) is 11.8. The highest BCUT2D eigenvalue weighted by atomic mass is 32.1. The van der Waals surface area contributed by atoms with Gasteiger partial charge in [0.2, 0.25) is 0 Å². The van der Waals surface area contributed by atoms with Gasteiger partial charge in [0.1, 0.15) is 0 Å². The lowest BCUT2D eigenvalue weighted by molar-refractivity contribution is -0.123. The molecule has 5 heteroatoms. The zero-order valence-corrected chi connectivity index (χ0v) is 14.6. The lowest BCUT2D eigenvalue weighted by atomic mass is 10.0. The van der Waals surface area contributed by atoms with Crippen LogP contribution in [-0.2, 0) is 4.79 Å². The van der Waals surface area contributed by atoms with Gasteiger partial charge in [0.25, 0.3) is 5.91 Å². The Morgan fingerprint density at radius 1 is 1.12 bits per heavy atom. The molecule has 0 bridgehead atoms. The van der Waals surface area contributed by atoms with Gasteiger partial charge in [-0.15, -0.1) is 11.3 Å². The number of nitrogens with one attached hydrogen (secondary N) is 1. The minimum atomic E-state index is -0.483. The molecule has 0 spiro atoms. The number of para-hydroxylation sites is 1. The molecule has 3 rings (SSSR count). The van der Waals surface area contributed by atoms with Gasteiger partial charge >= 0.3 is 0 Å². The number of thiophene rings is 1. The van der Waals surface area contributed by atoms with E-state index in [1.165, 1.54) is 12.1 Å². The summed E-state index contributed by atoms with van der Waals surface area (Å²) in [5, 5.41) is 4.94. The predicted octanol–water partition coefficient (Wildman–Crippen LogP) is 4.48. The third-order valence-corrected chi connectivity index (χ3v) is 4.68. The molecule has 1 aromatic heterocycles. The third kappa shape index (κ3) is 4.45. The van der Waals surface area contributed by atoms with Crippen molar-refractivity contribution >= 4 is 17.2 Å². The van der Waals surface area contributed by atoms with Crippen LogP contribution in [0.1, 0.15) is 22.0 Å². The first-order valence-corrected chi connectivity index (χ1v) is 8.78. The van der Waals surface area contributed by atoms with Gasteiger partial charge in [0.15, 0.2) is 18.2 Å². The van der Waals surface area contributed by atoms with E-state index in [0.717, 1.165) is 16.0 Å². The molecular formula is C20H18FNO2S. The predicted molar refractivity (Wildman–Crippen MR) is 97.4 cm³/mol. The van der Waals surface area contributed by atoms with Crippen LogP contribution in [0.2, 0.25) is 0 Å². The molecule has 3 aromatic rings. The lowest BCUT2D eigenvalue weighted by Gasteiger charge is -2.18. The summed E-state index contributed by atoms with van der Waals surface area (Å²) < 4.78 is 18.9. The number of hydrogen-bond acceptors (Lipinski definition) is 3. The number of hydrogen-bond donors (Lipinski definition) is 1. The second-order valence-electron chi connectivity index (χ2n) is 5.65.